The molecule has 0 unspecified atom stereocenters. The highest BCUT2D eigenvalue weighted by Gasteiger charge is 2.19. The zero-order chi connectivity index (χ0) is 21.0. The summed E-state index contributed by atoms with van der Waals surface area (Å²) in [6.07, 6.45) is 5.54. The van der Waals surface area contributed by atoms with Crippen LogP contribution in [0, 0.1) is 6.92 Å². The van der Waals surface area contributed by atoms with Gasteiger partial charge in [-0.05, 0) is 24.6 Å². The molecular weight excluding hydrogens is 388 g/mol. The van der Waals surface area contributed by atoms with Crippen LogP contribution >= 0.6 is 0 Å². The molecule has 0 N–H and O–H groups in total. The first-order valence-electron chi connectivity index (χ1n) is 10.5. The highest BCUT2D eigenvalue weighted by molar-refractivity contribution is 5.80. The lowest BCUT2D eigenvalue weighted by Gasteiger charge is -2.29. The van der Waals surface area contributed by atoms with Gasteiger partial charge in [-0.2, -0.15) is 9.61 Å². The molecule has 0 radical (unpaired) electrons. The SMILES string of the molecule is Cc1cccc(C=NCc2cc(N3CCOCC3)n3ncc(-c4ccccn4)c3n2)c1. The van der Waals surface area contributed by atoms with Gasteiger partial charge in [-0.1, -0.05) is 35.9 Å². The molecule has 156 valence electrons. The number of hydrogen-bond acceptors (Lipinski definition) is 6. The average Bonchev–Trinajstić information content (AvgIpc) is 3.24. The number of benzene rings is 1. The van der Waals surface area contributed by atoms with E-state index >= 15 is 0 Å². The number of anilines is 1. The number of pyridine rings is 1. The van der Waals surface area contributed by atoms with Crippen LogP contribution in [0.3, 0.4) is 0 Å². The third-order valence-corrected chi connectivity index (χ3v) is 5.32. The Kier molecular flexibility index (Phi) is 5.41. The second-order valence-electron chi connectivity index (χ2n) is 7.60. The monoisotopic (exact) mass is 412 g/mol. The molecule has 0 saturated carbocycles. The number of aryl methyl sites for hydroxylation is 1. The van der Waals surface area contributed by atoms with Crippen LogP contribution in [0.1, 0.15) is 16.8 Å². The van der Waals surface area contributed by atoms with Crippen molar-refractivity contribution in [3.05, 3.63) is 77.7 Å². The maximum atomic E-state index is 5.54. The maximum Gasteiger partial charge on any atom is 0.167 e. The summed E-state index contributed by atoms with van der Waals surface area (Å²) in [7, 11) is 0. The Labute approximate surface area is 181 Å². The third-order valence-electron chi connectivity index (χ3n) is 5.32. The van der Waals surface area contributed by atoms with E-state index in [1.54, 1.807) is 6.20 Å². The number of aliphatic imine (C=N–C) groups is 1. The molecule has 5 rings (SSSR count). The normalized spacial score (nSPS) is 14.5. The molecule has 1 aliphatic heterocycles. The van der Waals surface area contributed by atoms with Crippen molar-refractivity contribution in [3.8, 4) is 11.3 Å². The number of ether oxygens (including phenoxy) is 1. The van der Waals surface area contributed by atoms with Crippen molar-refractivity contribution >= 4 is 17.7 Å². The number of morpholine rings is 1. The van der Waals surface area contributed by atoms with Crippen LogP contribution in [-0.4, -0.2) is 52.1 Å². The average molecular weight is 412 g/mol. The van der Waals surface area contributed by atoms with Gasteiger partial charge in [0.1, 0.15) is 5.82 Å². The molecule has 1 aromatic carbocycles. The van der Waals surface area contributed by atoms with Gasteiger partial charge in [-0.3, -0.25) is 9.98 Å². The van der Waals surface area contributed by atoms with Crippen molar-refractivity contribution in [2.45, 2.75) is 13.5 Å². The van der Waals surface area contributed by atoms with Crippen LogP contribution in [0.5, 0.6) is 0 Å². The maximum absolute atomic E-state index is 5.54. The van der Waals surface area contributed by atoms with Crippen molar-refractivity contribution in [1.82, 2.24) is 19.6 Å². The van der Waals surface area contributed by atoms with Crippen molar-refractivity contribution in [2.75, 3.05) is 31.2 Å². The fourth-order valence-electron chi connectivity index (χ4n) is 3.79. The summed E-state index contributed by atoms with van der Waals surface area (Å²) in [5.74, 6) is 1.01. The van der Waals surface area contributed by atoms with Crippen molar-refractivity contribution in [2.24, 2.45) is 4.99 Å². The summed E-state index contributed by atoms with van der Waals surface area (Å²) in [6, 6.07) is 16.3. The van der Waals surface area contributed by atoms with E-state index in [4.69, 9.17) is 9.72 Å². The largest absolute Gasteiger partial charge is 0.378 e. The molecule has 1 fully saturated rings. The smallest absolute Gasteiger partial charge is 0.167 e. The van der Waals surface area contributed by atoms with Crippen LogP contribution in [-0.2, 0) is 11.3 Å². The van der Waals surface area contributed by atoms with Gasteiger partial charge in [0, 0.05) is 31.6 Å². The van der Waals surface area contributed by atoms with Crippen LogP contribution in [0.4, 0.5) is 5.82 Å². The van der Waals surface area contributed by atoms with Gasteiger partial charge in [0.25, 0.3) is 0 Å². The molecule has 3 aromatic heterocycles. The predicted molar refractivity (Wildman–Crippen MR) is 122 cm³/mol. The molecular formula is C24H24N6O. The van der Waals surface area contributed by atoms with Gasteiger partial charge < -0.3 is 9.64 Å². The molecule has 0 bridgehead atoms. The van der Waals surface area contributed by atoms with Gasteiger partial charge in [-0.25, -0.2) is 4.98 Å². The second-order valence-corrected chi connectivity index (χ2v) is 7.60. The van der Waals surface area contributed by atoms with E-state index in [0.717, 1.165) is 47.1 Å². The van der Waals surface area contributed by atoms with Crippen LogP contribution in [0.25, 0.3) is 16.9 Å². The zero-order valence-electron chi connectivity index (χ0n) is 17.5. The summed E-state index contributed by atoms with van der Waals surface area (Å²) in [5.41, 5.74) is 5.78. The van der Waals surface area contributed by atoms with Gasteiger partial charge in [0.05, 0.1) is 42.9 Å². The third kappa shape index (κ3) is 4.18. The van der Waals surface area contributed by atoms with E-state index in [9.17, 15) is 0 Å². The molecule has 1 saturated heterocycles. The summed E-state index contributed by atoms with van der Waals surface area (Å²) in [6.45, 7) is 5.64. The fraction of sp³-hybridized carbons (Fsp3) is 0.250. The first-order chi connectivity index (χ1) is 15.3. The number of rotatable bonds is 5. The zero-order valence-corrected chi connectivity index (χ0v) is 17.5. The van der Waals surface area contributed by atoms with Crippen molar-refractivity contribution in [3.63, 3.8) is 0 Å². The minimum absolute atomic E-state index is 0.495. The van der Waals surface area contributed by atoms with E-state index in [1.807, 2.05) is 41.2 Å². The first-order valence-corrected chi connectivity index (χ1v) is 10.5. The lowest BCUT2D eigenvalue weighted by atomic mass is 10.1. The van der Waals surface area contributed by atoms with E-state index in [1.165, 1.54) is 5.56 Å². The highest BCUT2D eigenvalue weighted by Crippen LogP contribution is 2.26. The standard InChI is InChI=1S/C24H24N6O/c1-18-5-4-6-19(13-18)15-25-16-20-14-23(29-9-11-31-12-10-29)30-24(28-20)21(17-27-30)22-7-2-3-8-26-22/h2-8,13-15,17H,9-12,16H2,1H3. The van der Waals surface area contributed by atoms with E-state index in [-0.39, 0.29) is 0 Å². The lowest BCUT2D eigenvalue weighted by Crippen LogP contribution is -2.37. The molecule has 31 heavy (non-hydrogen) atoms. The Morgan fingerprint density at radius 1 is 1.10 bits per heavy atom. The van der Waals surface area contributed by atoms with Crippen LogP contribution in [0.2, 0.25) is 0 Å². The highest BCUT2D eigenvalue weighted by atomic mass is 16.5. The molecule has 7 nitrogen and oxygen atoms in total. The number of aromatic nitrogens is 4. The molecule has 0 spiro atoms. The summed E-state index contributed by atoms with van der Waals surface area (Å²) in [5, 5.41) is 4.64. The Hall–Kier alpha value is -3.58. The molecule has 7 heteroatoms. The van der Waals surface area contributed by atoms with E-state index < -0.39 is 0 Å². The van der Waals surface area contributed by atoms with Gasteiger partial charge in [0.2, 0.25) is 0 Å². The molecule has 0 aliphatic carbocycles. The van der Waals surface area contributed by atoms with E-state index in [2.05, 4.69) is 51.2 Å². The van der Waals surface area contributed by atoms with Gasteiger partial charge >= 0.3 is 0 Å². The fourth-order valence-corrected chi connectivity index (χ4v) is 3.79. The molecule has 0 amide bonds. The molecule has 0 atom stereocenters. The Balaban J connectivity index is 1.54. The Morgan fingerprint density at radius 2 is 2.00 bits per heavy atom. The van der Waals surface area contributed by atoms with Crippen LogP contribution < -0.4 is 4.90 Å². The second kappa shape index (κ2) is 8.65. The molecule has 1 aliphatic rings. The summed E-state index contributed by atoms with van der Waals surface area (Å²) < 4.78 is 7.45. The quantitative estimate of drug-likeness (QED) is 0.469. The van der Waals surface area contributed by atoms with Crippen LogP contribution in [0.15, 0.2) is 65.9 Å². The minimum Gasteiger partial charge on any atom is -0.378 e. The first kappa shape index (κ1) is 19.4. The van der Waals surface area contributed by atoms with E-state index in [0.29, 0.717) is 19.8 Å². The Bertz CT molecular complexity index is 1210. The molecule has 4 aromatic rings. The minimum atomic E-state index is 0.495. The molecule has 4 heterocycles. The predicted octanol–water partition coefficient (Wildman–Crippen LogP) is 3.56. The summed E-state index contributed by atoms with van der Waals surface area (Å²) >= 11 is 0. The van der Waals surface area contributed by atoms with Gasteiger partial charge in [0.15, 0.2) is 5.65 Å². The van der Waals surface area contributed by atoms with Gasteiger partial charge in [-0.15, -0.1) is 0 Å². The topological polar surface area (TPSA) is 67.9 Å². The van der Waals surface area contributed by atoms with Crippen molar-refractivity contribution < 1.29 is 4.74 Å². The number of nitrogens with zero attached hydrogens (tertiary/aromatic N) is 6. The lowest BCUT2D eigenvalue weighted by molar-refractivity contribution is 0.122. The number of hydrogen-bond donors (Lipinski definition) is 0. The summed E-state index contributed by atoms with van der Waals surface area (Å²) in [4.78, 5) is 16.4. The van der Waals surface area contributed by atoms with Crippen molar-refractivity contribution in [1.29, 1.82) is 0 Å². The number of fused-ring (bicyclic) bond motifs is 1. The Morgan fingerprint density at radius 3 is 2.81 bits per heavy atom.